The Morgan fingerprint density at radius 3 is 2.27 bits per heavy atom. The minimum absolute atomic E-state index is 0.00378. The first-order valence-electron chi connectivity index (χ1n) is 17.6. The van der Waals surface area contributed by atoms with Gasteiger partial charge in [0.15, 0.2) is 11.5 Å². The average molecular weight is 753 g/mol. The maximum atomic E-state index is 14.0. The summed E-state index contributed by atoms with van der Waals surface area (Å²) in [5.41, 5.74) is 0.781. The van der Waals surface area contributed by atoms with E-state index in [4.69, 9.17) is 9.47 Å². The van der Waals surface area contributed by atoms with Crippen LogP contribution in [0.15, 0.2) is 96.4 Å². The number of aliphatic hydroxyl groups is 1. The monoisotopic (exact) mass is 752 g/mol. The molecule has 14 heteroatoms. The highest BCUT2D eigenvalue weighted by Crippen LogP contribution is 2.54. The Balaban J connectivity index is 1.18. The van der Waals surface area contributed by atoms with Gasteiger partial charge in [0.2, 0.25) is 32.7 Å². The van der Waals surface area contributed by atoms with Crippen LogP contribution in [0, 0.1) is 11.8 Å². The van der Waals surface area contributed by atoms with Crippen LogP contribution in [0.5, 0.6) is 11.5 Å². The molecule has 1 aliphatic carbocycles. The Morgan fingerprint density at radius 2 is 1.62 bits per heavy atom. The Morgan fingerprint density at radius 1 is 0.962 bits per heavy atom. The number of aliphatic hydroxyl groups excluding tert-OH is 1. The van der Waals surface area contributed by atoms with Gasteiger partial charge in [0.1, 0.15) is 0 Å². The summed E-state index contributed by atoms with van der Waals surface area (Å²) in [5.74, 6) is -1.81. The first-order valence-corrected chi connectivity index (χ1v) is 20.7. The van der Waals surface area contributed by atoms with E-state index in [9.17, 15) is 26.7 Å². The minimum Gasteiger partial charge on any atom is -0.454 e. The number of rotatable bonds is 16. The van der Waals surface area contributed by atoms with Crippen LogP contribution >= 0.6 is 0 Å². The van der Waals surface area contributed by atoms with Crippen molar-refractivity contribution >= 4 is 26.0 Å². The third-order valence-corrected chi connectivity index (χ3v) is 13.8. The highest BCUT2D eigenvalue weighted by Gasteiger charge is 2.61. The number of hydrogen-bond donors (Lipinski definition) is 2. The molecule has 1 amide bonds. The predicted octanol–water partition coefficient (Wildman–Crippen LogP) is 3.42. The summed E-state index contributed by atoms with van der Waals surface area (Å²) in [6.45, 7) is 9.84. The van der Waals surface area contributed by atoms with Gasteiger partial charge in [-0.05, 0) is 35.6 Å². The van der Waals surface area contributed by atoms with Gasteiger partial charge < -0.3 is 19.9 Å². The summed E-state index contributed by atoms with van der Waals surface area (Å²) in [7, 11) is -7.95. The molecule has 2 N–H and O–H groups in total. The van der Waals surface area contributed by atoms with Crippen molar-refractivity contribution in [3.63, 3.8) is 0 Å². The molecule has 0 spiro atoms. The summed E-state index contributed by atoms with van der Waals surface area (Å²) in [6.07, 6.45) is 0.334. The molecule has 3 aromatic rings. The molecule has 2 heterocycles. The van der Waals surface area contributed by atoms with E-state index in [0.29, 0.717) is 44.1 Å². The normalized spacial score (nSPS) is 21.9. The molecule has 1 saturated heterocycles. The Kier molecular flexibility index (Phi) is 11.4. The largest absolute Gasteiger partial charge is 0.454 e. The van der Waals surface area contributed by atoms with Crippen LogP contribution in [0.25, 0.3) is 0 Å². The molecule has 3 aliphatic rings. The lowest BCUT2D eigenvalue weighted by molar-refractivity contribution is -0.125. The molecule has 0 radical (unpaired) electrons. The van der Waals surface area contributed by atoms with Gasteiger partial charge in [-0.2, -0.15) is 8.61 Å². The number of piperazine rings is 1. The van der Waals surface area contributed by atoms with E-state index in [2.05, 4.69) is 16.8 Å². The average Bonchev–Trinajstić information content (AvgIpc) is 3.66. The van der Waals surface area contributed by atoms with E-state index in [1.807, 2.05) is 74.5 Å². The number of benzene rings is 3. The summed E-state index contributed by atoms with van der Waals surface area (Å²) < 4.78 is 68.8. The number of ether oxygens (including phenoxy) is 2. The van der Waals surface area contributed by atoms with Gasteiger partial charge in [-0.15, -0.1) is 6.58 Å². The number of carbonyl (C=O) groups excluding carboxylic acids is 1. The third-order valence-electron chi connectivity index (χ3n) is 10.1. The molecule has 6 rings (SSSR count). The van der Waals surface area contributed by atoms with Crippen molar-refractivity contribution < 1.29 is 36.2 Å². The van der Waals surface area contributed by atoms with E-state index < -0.39 is 49.3 Å². The second-order valence-corrected chi connectivity index (χ2v) is 18.2. The molecule has 2 unspecified atom stereocenters. The molecule has 2 aliphatic heterocycles. The molecule has 4 atom stereocenters. The molecule has 280 valence electrons. The summed E-state index contributed by atoms with van der Waals surface area (Å²) in [5, 5.41) is 15.0. The zero-order valence-electron chi connectivity index (χ0n) is 29.6. The fraction of sp³-hybridized carbons (Fsp3) is 0.447. The van der Waals surface area contributed by atoms with Crippen LogP contribution in [0.4, 0.5) is 0 Å². The van der Waals surface area contributed by atoms with Crippen molar-refractivity contribution in [2.45, 2.75) is 49.3 Å². The molecule has 2 fully saturated rings. The standard InChI is InChI=1S/C38H48N4O8S2/c1-4-30(26-51(45,46)41-19-17-40(18-20-41)24-29-11-7-5-8-12-29)37(44)39-38(22-33(38)31-13-9-6-10-14-31)36(43)25-42(23-28(2)3)52(47,48)32-15-16-34-35(21-32)50-27-49-34/h4-16,21,28,30,33,36,43H,1,17-20,22-27H2,2-3H3,(H,39,44)/t30-,33?,36-,38?/m1/s1. The van der Waals surface area contributed by atoms with Gasteiger partial charge in [0, 0.05) is 57.8 Å². The molecular formula is C38H48N4O8S2. The SMILES string of the molecule is C=C[C@H](CS(=O)(=O)N1CCN(Cc2ccccc2)CC1)C(=O)NC1([C@H](O)CN(CC(C)C)S(=O)(=O)c2ccc3c(c2)OCO3)CC1c1ccccc1. The lowest BCUT2D eigenvalue weighted by Gasteiger charge is -2.35. The van der Waals surface area contributed by atoms with Crippen molar-refractivity contribution in [2.75, 3.05) is 51.8 Å². The zero-order chi connectivity index (χ0) is 37.1. The van der Waals surface area contributed by atoms with Crippen molar-refractivity contribution in [3.05, 3.63) is 103 Å². The Bertz CT molecular complexity index is 1940. The van der Waals surface area contributed by atoms with Crippen LogP contribution in [0.1, 0.15) is 37.3 Å². The summed E-state index contributed by atoms with van der Waals surface area (Å²) in [4.78, 5) is 16.2. The zero-order valence-corrected chi connectivity index (χ0v) is 31.3. The topological polar surface area (TPSA) is 146 Å². The van der Waals surface area contributed by atoms with E-state index in [0.717, 1.165) is 17.7 Å². The van der Waals surface area contributed by atoms with Gasteiger partial charge in [-0.25, -0.2) is 16.8 Å². The molecule has 0 aromatic heterocycles. The fourth-order valence-corrected chi connectivity index (χ4v) is 10.4. The Labute approximate surface area is 307 Å². The van der Waals surface area contributed by atoms with Gasteiger partial charge in [0.25, 0.3) is 0 Å². The number of carbonyl (C=O) groups is 1. The highest BCUT2D eigenvalue weighted by atomic mass is 32.2. The number of hydrogen-bond acceptors (Lipinski definition) is 9. The van der Waals surface area contributed by atoms with E-state index in [-0.39, 0.29) is 36.6 Å². The predicted molar refractivity (Wildman–Crippen MR) is 198 cm³/mol. The number of sulfonamides is 2. The van der Waals surface area contributed by atoms with Gasteiger partial charge in [0.05, 0.1) is 28.2 Å². The number of nitrogens with zero attached hydrogens (tertiary/aromatic N) is 3. The van der Waals surface area contributed by atoms with Gasteiger partial charge >= 0.3 is 0 Å². The molecular weight excluding hydrogens is 705 g/mol. The smallest absolute Gasteiger partial charge is 0.243 e. The summed E-state index contributed by atoms with van der Waals surface area (Å²) >= 11 is 0. The third kappa shape index (κ3) is 8.37. The maximum absolute atomic E-state index is 14.0. The lowest BCUT2D eigenvalue weighted by atomic mass is 9.99. The Hall–Kier alpha value is -3.79. The van der Waals surface area contributed by atoms with E-state index >= 15 is 0 Å². The second-order valence-electron chi connectivity index (χ2n) is 14.2. The second kappa shape index (κ2) is 15.7. The number of nitrogens with one attached hydrogen (secondary N) is 1. The van der Waals surface area contributed by atoms with Crippen molar-refractivity contribution in [3.8, 4) is 11.5 Å². The van der Waals surface area contributed by atoms with Crippen LogP contribution in [0.2, 0.25) is 0 Å². The van der Waals surface area contributed by atoms with Gasteiger partial charge in [-0.1, -0.05) is 80.6 Å². The molecule has 3 aromatic carbocycles. The molecule has 52 heavy (non-hydrogen) atoms. The van der Waals surface area contributed by atoms with Crippen molar-refractivity contribution in [2.24, 2.45) is 11.8 Å². The number of fused-ring (bicyclic) bond motifs is 1. The first-order chi connectivity index (χ1) is 24.8. The highest BCUT2D eigenvalue weighted by molar-refractivity contribution is 7.89. The minimum atomic E-state index is -4.11. The fourth-order valence-electron chi connectivity index (χ4n) is 7.10. The van der Waals surface area contributed by atoms with E-state index in [1.165, 1.54) is 26.8 Å². The molecule has 1 saturated carbocycles. The summed E-state index contributed by atoms with van der Waals surface area (Å²) in [6, 6.07) is 23.8. The van der Waals surface area contributed by atoms with E-state index in [1.54, 1.807) is 6.07 Å². The van der Waals surface area contributed by atoms with Crippen molar-refractivity contribution in [1.82, 2.24) is 18.8 Å². The van der Waals surface area contributed by atoms with Crippen molar-refractivity contribution in [1.29, 1.82) is 0 Å². The quantitative estimate of drug-likeness (QED) is 0.210. The molecule has 12 nitrogen and oxygen atoms in total. The number of amides is 1. The van der Waals surface area contributed by atoms with Gasteiger partial charge in [-0.3, -0.25) is 9.69 Å². The maximum Gasteiger partial charge on any atom is 0.243 e. The first kappa shape index (κ1) is 38.0. The van der Waals surface area contributed by atoms with Crippen LogP contribution in [-0.2, 0) is 31.4 Å². The van der Waals surface area contributed by atoms with Crippen LogP contribution < -0.4 is 14.8 Å². The van der Waals surface area contributed by atoms with Crippen LogP contribution in [-0.4, -0.2) is 105 Å². The lowest BCUT2D eigenvalue weighted by Crippen LogP contribution is -2.55. The molecule has 0 bridgehead atoms. The van der Waals surface area contributed by atoms with Crippen LogP contribution in [0.3, 0.4) is 0 Å².